The second kappa shape index (κ2) is 8.49. The van der Waals surface area contributed by atoms with E-state index in [4.69, 9.17) is 0 Å². The van der Waals surface area contributed by atoms with Gasteiger partial charge in [-0.3, -0.25) is 4.79 Å². The number of hydrogen-bond acceptors (Lipinski definition) is 1. The molecule has 3 N–H and O–H groups in total. The molecule has 3 nitrogen and oxygen atoms in total. The van der Waals surface area contributed by atoms with Gasteiger partial charge in [0.05, 0.1) is 0 Å². The lowest BCUT2D eigenvalue weighted by Gasteiger charge is -2.25. The molecule has 1 aromatic rings. The Labute approximate surface area is 141 Å². The van der Waals surface area contributed by atoms with Gasteiger partial charge in [-0.15, -0.1) is 0 Å². The van der Waals surface area contributed by atoms with Crippen molar-refractivity contribution in [1.29, 1.82) is 0 Å². The summed E-state index contributed by atoms with van der Waals surface area (Å²) in [6.07, 6.45) is 6.83. The van der Waals surface area contributed by atoms with Crippen LogP contribution in [0.5, 0.6) is 0 Å². The molecule has 1 aromatic carbocycles. The van der Waals surface area contributed by atoms with E-state index in [0.29, 0.717) is 12.0 Å². The van der Waals surface area contributed by atoms with Gasteiger partial charge in [-0.05, 0) is 31.2 Å². The molecule has 0 aromatic heterocycles. The summed E-state index contributed by atoms with van der Waals surface area (Å²) in [5.74, 6) is 1.33. The molecule has 1 fully saturated rings. The summed E-state index contributed by atoms with van der Waals surface area (Å²) in [5, 5.41) is 4.94. The molecule has 3 heteroatoms. The van der Waals surface area contributed by atoms with E-state index < -0.39 is 0 Å². The molecule has 0 spiro atoms. The highest BCUT2D eigenvalue weighted by molar-refractivity contribution is 5.79. The van der Waals surface area contributed by atoms with Crippen LogP contribution in [0.25, 0.3) is 0 Å². The Bertz CT molecular complexity index is 489. The van der Waals surface area contributed by atoms with Crippen molar-refractivity contribution in [2.24, 2.45) is 5.92 Å². The molecule has 0 radical (unpaired) electrons. The minimum atomic E-state index is -0.0644. The first kappa shape index (κ1) is 18.0. The van der Waals surface area contributed by atoms with Crippen molar-refractivity contribution in [1.82, 2.24) is 5.32 Å². The highest BCUT2D eigenvalue weighted by Crippen LogP contribution is 2.33. The Morgan fingerprint density at radius 2 is 1.70 bits per heavy atom. The largest absolute Gasteiger partial charge is 0.354 e. The van der Waals surface area contributed by atoms with Gasteiger partial charge in [0.25, 0.3) is 5.91 Å². The lowest BCUT2D eigenvalue weighted by atomic mass is 9.83. The van der Waals surface area contributed by atoms with Crippen LogP contribution in [0.2, 0.25) is 0 Å². The van der Waals surface area contributed by atoms with Crippen molar-refractivity contribution in [3.63, 3.8) is 0 Å². The van der Waals surface area contributed by atoms with E-state index >= 15 is 0 Å². The number of benzene rings is 1. The number of likely N-dealkylation sites (N-methyl/N-ethyl adjacent to an activating group) is 1. The molecule has 1 aliphatic carbocycles. The van der Waals surface area contributed by atoms with Gasteiger partial charge in [0.15, 0.2) is 6.04 Å². The number of quaternary nitrogens is 1. The summed E-state index contributed by atoms with van der Waals surface area (Å²) in [6.45, 7) is 6.43. The molecular formula is C20H33N2O+. The molecular weight excluding hydrogens is 284 g/mol. The molecule has 0 bridgehead atoms. The van der Waals surface area contributed by atoms with Gasteiger partial charge in [-0.1, -0.05) is 57.4 Å². The zero-order valence-electron chi connectivity index (χ0n) is 15.1. The molecule has 1 aliphatic rings. The predicted octanol–water partition coefficient (Wildman–Crippen LogP) is 3.13. The third kappa shape index (κ3) is 4.81. The number of rotatable bonds is 6. The Kier molecular flexibility index (Phi) is 6.64. The maximum absolute atomic E-state index is 11.8. The Hall–Kier alpha value is -1.35. The van der Waals surface area contributed by atoms with Crippen molar-refractivity contribution in [2.75, 3.05) is 7.05 Å². The van der Waals surface area contributed by atoms with E-state index in [9.17, 15) is 4.79 Å². The normalized spacial score (nSPS) is 18.7. The molecule has 23 heavy (non-hydrogen) atoms. The quantitative estimate of drug-likeness (QED) is 0.832. The minimum absolute atomic E-state index is 0.0644. The number of nitrogens with one attached hydrogen (secondary N) is 1. The fourth-order valence-corrected chi connectivity index (χ4v) is 3.77. The van der Waals surface area contributed by atoms with Gasteiger partial charge in [-0.25, -0.2) is 0 Å². The zero-order valence-corrected chi connectivity index (χ0v) is 15.1. The van der Waals surface area contributed by atoms with Crippen molar-refractivity contribution < 1.29 is 10.1 Å². The number of hydrogen-bond donors (Lipinski definition) is 2. The summed E-state index contributed by atoms with van der Waals surface area (Å²) < 4.78 is 0. The molecule has 128 valence electrons. The number of amides is 1. The molecule has 0 aliphatic heterocycles. The van der Waals surface area contributed by atoms with Crippen LogP contribution in [0.3, 0.4) is 0 Å². The Morgan fingerprint density at radius 3 is 2.22 bits per heavy atom. The van der Waals surface area contributed by atoms with Crippen molar-refractivity contribution >= 4 is 5.91 Å². The molecule has 1 amide bonds. The number of carbonyl (C=O) groups excluding carboxylic acids is 1. The minimum Gasteiger partial charge on any atom is -0.354 e. The summed E-state index contributed by atoms with van der Waals surface area (Å²) >= 11 is 0. The first-order valence-electron chi connectivity index (χ1n) is 9.19. The number of nitrogens with two attached hydrogens (primary N) is 1. The third-order valence-electron chi connectivity index (χ3n) is 5.27. The van der Waals surface area contributed by atoms with Crippen LogP contribution in [0.4, 0.5) is 0 Å². The SMILES string of the molecule is CNC(=O)[C@H](C)[NH2+][C@H](c1ccc(C2CCCCC2)cc1)C(C)C. The number of carbonyl (C=O) groups is 1. The third-order valence-corrected chi connectivity index (χ3v) is 5.27. The van der Waals surface area contributed by atoms with E-state index in [0.717, 1.165) is 5.92 Å². The first-order chi connectivity index (χ1) is 11.0. The molecule has 0 unspecified atom stereocenters. The van der Waals surface area contributed by atoms with E-state index in [1.54, 1.807) is 7.05 Å². The maximum atomic E-state index is 11.8. The second-order valence-corrected chi connectivity index (χ2v) is 7.37. The molecule has 1 saturated carbocycles. The van der Waals surface area contributed by atoms with Gasteiger partial charge < -0.3 is 10.6 Å². The fourth-order valence-electron chi connectivity index (χ4n) is 3.77. The van der Waals surface area contributed by atoms with E-state index in [-0.39, 0.29) is 11.9 Å². The van der Waals surface area contributed by atoms with E-state index in [2.05, 4.69) is 48.7 Å². The van der Waals surface area contributed by atoms with E-state index in [1.165, 1.54) is 43.2 Å². The Balaban J connectivity index is 2.08. The second-order valence-electron chi connectivity index (χ2n) is 7.37. The zero-order chi connectivity index (χ0) is 16.8. The molecule has 2 rings (SSSR count). The van der Waals surface area contributed by atoms with Crippen LogP contribution in [-0.2, 0) is 4.79 Å². The average molecular weight is 317 g/mol. The van der Waals surface area contributed by atoms with Crippen LogP contribution in [-0.4, -0.2) is 19.0 Å². The summed E-state index contributed by atoms with van der Waals surface area (Å²) in [5.41, 5.74) is 2.82. The van der Waals surface area contributed by atoms with Gasteiger partial charge in [-0.2, -0.15) is 0 Å². The van der Waals surface area contributed by atoms with Crippen LogP contribution in [0.1, 0.15) is 76.0 Å². The lowest BCUT2D eigenvalue weighted by molar-refractivity contribution is -0.719. The highest BCUT2D eigenvalue weighted by atomic mass is 16.2. The van der Waals surface area contributed by atoms with Crippen LogP contribution in [0, 0.1) is 5.92 Å². The average Bonchev–Trinajstić information content (AvgIpc) is 2.59. The summed E-state index contributed by atoms with van der Waals surface area (Å²) in [4.78, 5) is 11.8. The van der Waals surface area contributed by atoms with Crippen LogP contribution in [0.15, 0.2) is 24.3 Å². The summed E-state index contributed by atoms with van der Waals surface area (Å²) in [7, 11) is 1.70. The van der Waals surface area contributed by atoms with Gasteiger partial charge in [0, 0.05) is 18.5 Å². The fraction of sp³-hybridized carbons (Fsp3) is 0.650. The standard InChI is InChI=1S/C20H32N2O/c1-14(2)19(22-15(3)20(23)21-4)18-12-10-17(11-13-18)16-8-6-5-7-9-16/h10-16,19,22H,5-9H2,1-4H3,(H,21,23)/p+1/t15-,19-/m0/s1. The predicted molar refractivity (Wildman–Crippen MR) is 95.3 cm³/mol. The summed E-state index contributed by atoms with van der Waals surface area (Å²) in [6, 6.07) is 9.45. The first-order valence-corrected chi connectivity index (χ1v) is 9.19. The van der Waals surface area contributed by atoms with Crippen molar-refractivity contribution in [3.05, 3.63) is 35.4 Å². The maximum Gasteiger partial charge on any atom is 0.277 e. The van der Waals surface area contributed by atoms with Gasteiger partial charge in [0.2, 0.25) is 0 Å². The monoisotopic (exact) mass is 317 g/mol. The molecule has 0 heterocycles. The topological polar surface area (TPSA) is 45.7 Å². The lowest BCUT2D eigenvalue weighted by Crippen LogP contribution is -2.93. The van der Waals surface area contributed by atoms with Gasteiger partial charge >= 0.3 is 0 Å². The van der Waals surface area contributed by atoms with Gasteiger partial charge in [0.1, 0.15) is 6.04 Å². The van der Waals surface area contributed by atoms with Crippen LogP contribution >= 0.6 is 0 Å². The van der Waals surface area contributed by atoms with Crippen LogP contribution < -0.4 is 10.6 Å². The van der Waals surface area contributed by atoms with Crippen molar-refractivity contribution in [2.45, 2.75) is 70.9 Å². The van der Waals surface area contributed by atoms with E-state index in [1.807, 2.05) is 6.92 Å². The Morgan fingerprint density at radius 1 is 1.09 bits per heavy atom. The molecule has 2 atom stereocenters. The highest BCUT2D eigenvalue weighted by Gasteiger charge is 2.25. The van der Waals surface area contributed by atoms with Crippen molar-refractivity contribution in [3.8, 4) is 0 Å². The smallest absolute Gasteiger partial charge is 0.277 e. The molecule has 0 saturated heterocycles.